The van der Waals surface area contributed by atoms with Gasteiger partial charge in [0.15, 0.2) is 0 Å². The van der Waals surface area contributed by atoms with E-state index in [4.69, 9.17) is 21.7 Å². The van der Waals surface area contributed by atoms with Crippen LogP contribution in [-0.4, -0.2) is 36.1 Å². The van der Waals surface area contributed by atoms with Crippen LogP contribution in [0.25, 0.3) is 10.4 Å². The second kappa shape index (κ2) is 13.3. The zero-order valence-electron chi connectivity index (χ0n) is 19.2. The van der Waals surface area contributed by atoms with Gasteiger partial charge in [-0.25, -0.2) is 4.79 Å². The van der Waals surface area contributed by atoms with Crippen LogP contribution in [0.1, 0.15) is 43.5 Å². The van der Waals surface area contributed by atoms with Crippen LogP contribution in [0, 0.1) is 9.74 Å². The molecule has 9 heteroatoms. The maximum Gasteiger partial charge on any atom is 0.328 e. The second-order valence-electron chi connectivity index (χ2n) is 8.14. The number of carbonyl (C=O) groups is 2. The molecule has 180 valence electrons. The zero-order valence-corrected chi connectivity index (χ0v) is 21.6. The van der Waals surface area contributed by atoms with Crippen molar-refractivity contribution in [3.05, 3.63) is 64.2 Å². The Labute approximate surface area is 212 Å². The molecule has 1 atom stereocenters. The highest BCUT2D eigenvalue weighted by Crippen LogP contribution is 2.30. The molecule has 0 saturated heterocycles. The summed E-state index contributed by atoms with van der Waals surface area (Å²) in [5, 5.41) is 2.77. The molecule has 0 saturated carbocycles. The van der Waals surface area contributed by atoms with Gasteiger partial charge in [0.1, 0.15) is 15.6 Å². The molecule has 1 aromatic carbocycles. The van der Waals surface area contributed by atoms with E-state index in [1.165, 1.54) is 6.20 Å². The Balaban J connectivity index is 1.38. The van der Waals surface area contributed by atoms with Gasteiger partial charge in [0, 0.05) is 17.3 Å². The topological polar surface area (TPSA) is 77.5 Å². The smallest absolute Gasteiger partial charge is 0.328 e. The first-order valence-electron chi connectivity index (χ1n) is 11.1. The highest BCUT2D eigenvalue weighted by molar-refractivity contribution is 7.80. The van der Waals surface area contributed by atoms with Crippen molar-refractivity contribution >= 4 is 44.8 Å². The molecule has 3 rings (SSSR count). The van der Waals surface area contributed by atoms with E-state index in [2.05, 4.69) is 10.3 Å². The SMILES string of the molecule is CC(C)CC(NC(=O)c1cccnc1)C(=O)OCCCCOc1ccc(-c2cc(=S)ss2)cc1. The molecular formula is C25H28N2O4S3. The fourth-order valence-corrected chi connectivity index (χ4v) is 5.58. The van der Waals surface area contributed by atoms with Crippen LogP contribution in [0.5, 0.6) is 5.75 Å². The lowest BCUT2D eigenvalue weighted by molar-refractivity contribution is -0.146. The lowest BCUT2D eigenvalue weighted by Gasteiger charge is -2.19. The van der Waals surface area contributed by atoms with Gasteiger partial charge in [-0.15, -0.1) is 0 Å². The van der Waals surface area contributed by atoms with Crippen molar-refractivity contribution in [1.29, 1.82) is 0 Å². The zero-order chi connectivity index (χ0) is 24.3. The van der Waals surface area contributed by atoms with Crippen molar-refractivity contribution in [2.75, 3.05) is 13.2 Å². The molecule has 1 unspecified atom stereocenters. The van der Waals surface area contributed by atoms with Gasteiger partial charge in [-0.05, 0) is 73.2 Å². The third-order valence-electron chi connectivity index (χ3n) is 4.87. The average Bonchev–Trinajstić information content (AvgIpc) is 3.27. The van der Waals surface area contributed by atoms with Crippen molar-refractivity contribution < 1.29 is 19.1 Å². The van der Waals surface area contributed by atoms with Crippen molar-refractivity contribution in [2.24, 2.45) is 5.92 Å². The molecule has 0 aliphatic heterocycles. The van der Waals surface area contributed by atoms with E-state index in [-0.39, 0.29) is 18.4 Å². The van der Waals surface area contributed by atoms with Crippen LogP contribution < -0.4 is 10.1 Å². The van der Waals surface area contributed by atoms with Gasteiger partial charge in [-0.3, -0.25) is 9.78 Å². The Morgan fingerprint density at radius 3 is 2.50 bits per heavy atom. The minimum Gasteiger partial charge on any atom is -0.494 e. The number of hydrogen-bond donors (Lipinski definition) is 1. The summed E-state index contributed by atoms with van der Waals surface area (Å²) in [4.78, 5) is 30.1. The number of unbranched alkanes of at least 4 members (excludes halogenated alkanes) is 1. The standard InChI is InChI=1S/C25H28N2O4S3/c1-17(2)14-21(27-24(28)19-6-5-11-26-16-19)25(29)31-13-4-3-12-30-20-9-7-18(8-10-20)22-15-23(32)34-33-22/h5-11,15-17,21H,3-4,12-14H2,1-2H3,(H,27,28). The summed E-state index contributed by atoms with van der Waals surface area (Å²) >= 11 is 5.19. The lowest BCUT2D eigenvalue weighted by Crippen LogP contribution is -2.42. The van der Waals surface area contributed by atoms with E-state index >= 15 is 0 Å². The number of rotatable bonds is 12. The van der Waals surface area contributed by atoms with Gasteiger partial charge in [0.25, 0.3) is 5.91 Å². The molecule has 0 radical (unpaired) electrons. The summed E-state index contributed by atoms with van der Waals surface area (Å²) in [7, 11) is 3.27. The first-order chi connectivity index (χ1) is 16.4. The van der Waals surface area contributed by atoms with E-state index in [9.17, 15) is 9.59 Å². The Morgan fingerprint density at radius 2 is 1.85 bits per heavy atom. The van der Waals surface area contributed by atoms with Crippen LogP contribution in [0.2, 0.25) is 0 Å². The fraction of sp³-hybridized carbons (Fsp3) is 0.360. The Hall–Kier alpha value is -2.62. The van der Waals surface area contributed by atoms with E-state index in [0.717, 1.165) is 26.4 Å². The molecule has 0 aliphatic rings. The van der Waals surface area contributed by atoms with Gasteiger partial charge < -0.3 is 14.8 Å². The molecule has 6 nitrogen and oxygen atoms in total. The van der Waals surface area contributed by atoms with Crippen molar-refractivity contribution in [1.82, 2.24) is 10.3 Å². The van der Waals surface area contributed by atoms with Crippen LogP contribution >= 0.6 is 32.9 Å². The number of pyridine rings is 1. The predicted octanol–water partition coefficient (Wildman–Crippen LogP) is 6.15. The minimum absolute atomic E-state index is 0.227. The normalized spacial score (nSPS) is 11.7. The maximum absolute atomic E-state index is 12.6. The Kier molecular flexibility index (Phi) is 10.2. The summed E-state index contributed by atoms with van der Waals surface area (Å²) in [5.41, 5.74) is 1.54. The summed E-state index contributed by atoms with van der Waals surface area (Å²) in [6.07, 6.45) is 4.99. The Morgan fingerprint density at radius 1 is 1.09 bits per heavy atom. The molecule has 0 spiro atoms. The third kappa shape index (κ3) is 8.30. The molecule has 2 heterocycles. The minimum atomic E-state index is -0.691. The lowest BCUT2D eigenvalue weighted by atomic mass is 10.0. The summed E-state index contributed by atoms with van der Waals surface area (Å²) in [6.45, 7) is 4.80. The maximum atomic E-state index is 12.6. The van der Waals surface area contributed by atoms with E-state index < -0.39 is 12.0 Å². The number of nitrogens with zero attached hydrogens (tertiary/aromatic N) is 1. The van der Waals surface area contributed by atoms with Crippen molar-refractivity contribution in [3.8, 4) is 16.2 Å². The summed E-state index contributed by atoms with van der Waals surface area (Å²) < 4.78 is 12.1. The fourth-order valence-electron chi connectivity index (χ4n) is 3.18. The third-order valence-corrected chi connectivity index (χ3v) is 7.78. The largest absolute Gasteiger partial charge is 0.494 e. The number of benzene rings is 1. The molecule has 1 amide bonds. The number of hydrogen-bond acceptors (Lipinski definition) is 8. The molecular weight excluding hydrogens is 488 g/mol. The van der Waals surface area contributed by atoms with Gasteiger partial charge in [-0.2, -0.15) is 0 Å². The van der Waals surface area contributed by atoms with Gasteiger partial charge in [0.05, 0.1) is 18.8 Å². The quantitative estimate of drug-likeness (QED) is 0.135. The highest BCUT2D eigenvalue weighted by atomic mass is 32.9. The molecule has 0 bridgehead atoms. The van der Waals surface area contributed by atoms with Crippen LogP contribution in [-0.2, 0) is 9.53 Å². The van der Waals surface area contributed by atoms with E-state index in [1.54, 1.807) is 39.0 Å². The highest BCUT2D eigenvalue weighted by Gasteiger charge is 2.24. The van der Waals surface area contributed by atoms with E-state index in [1.807, 2.05) is 44.2 Å². The number of carbonyl (C=O) groups excluding carboxylic acids is 2. The van der Waals surface area contributed by atoms with Crippen LogP contribution in [0.4, 0.5) is 0 Å². The summed E-state index contributed by atoms with van der Waals surface area (Å²) in [6, 6.07) is 12.6. The molecule has 34 heavy (non-hydrogen) atoms. The monoisotopic (exact) mass is 516 g/mol. The molecule has 3 aromatic rings. The predicted molar refractivity (Wildman–Crippen MR) is 139 cm³/mol. The Bertz CT molecular complexity index is 1110. The summed E-state index contributed by atoms with van der Waals surface area (Å²) in [5.74, 6) is 0.277. The average molecular weight is 517 g/mol. The second-order valence-corrected chi connectivity index (χ2v) is 11.1. The van der Waals surface area contributed by atoms with Gasteiger partial charge in [0.2, 0.25) is 0 Å². The first kappa shape index (κ1) is 26.0. The van der Waals surface area contributed by atoms with Crippen molar-refractivity contribution in [2.45, 2.75) is 39.2 Å². The number of aromatic nitrogens is 1. The number of amides is 1. The van der Waals surface area contributed by atoms with Crippen molar-refractivity contribution in [3.63, 3.8) is 0 Å². The van der Waals surface area contributed by atoms with Crippen LogP contribution in [0.15, 0.2) is 54.9 Å². The van der Waals surface area contributed by atoms with Crippen LogP contribution in [0.3, 0.4) is 0 Å². The molecule has 1 N–H and O–H groups in total. The van der Waals surface area contributed by atoms with E-state index in [0.29, 0.717) is 25.0 Å². The molecule has 0 fully saturated rings. The molecule has 0 aliphatic carbocycles. The molecule has 2 aromatic heterocycles. The number of esters is 1. The first-order valence-corrected chi connectivity index (χ1v) is 13.7. The number of ether oxygens (including phenoxy) is 2. The number of nitrogens with one attached hydrogen (secondary N) is 1. The van der Waals surface area contributed by atoms with Gasteiger partial charge in [-0.1, -0.05) is 46.7 Å². The van der Waals surface area contributed by atoms with Gasteiger partial charge >= 0.3 is 5.97 Å².